The summed E-state index contributed by atoms with van der Waals surface area (Å²) in [6.45, 7) is 3.84. The van der Waals surface area contributed by atoms with Gasteiger partial charge >= 0.3 is 5.97 Å². The molecule has 0 aromatic heterocycles. The second-order valence-electron chi connectivity index (χ2n) is 4.71. The molecule has 2 N–H and O–H groups in total. The Bertz CT molecular complexity index is 304. The lowest BCUT2D eigenvalue weighted by Gasteiger charge is -2.39. The Hall–Kier alpha value is -1.14. The molecule has 0 aromatic rings. The number of nitrogens with two attached hydrogens (primary N) is 1. The van der Waals surface area contributed by atoms with Crippen molar-refractivity contribution >= 4 is 11.9 Å². The quantitative estimate of drug-likeness (QED) is 0.665. The maximum atomic E-state index is 12.1. The van der Waals surface area contributed by atoms with Gasteiger partial charge in [-0.05, 0) is 26.3 Å². The lowest BCUT2D eigenvalue weighted by atomic mass is 9.80. The zero-order valence-corrected chi connectivity index (χ0v) is 11.1. The number of rotatable bonds is 6. The molecule has 18 heavy (non-hydrogen) atoms. The molecule has 1 heterocycles. The number of primary amides is 1. The highest BCUT2D eigenvalue weighted by molar-refractivity contribution is 5.78. The summed E-state index contributed by atoms with van der Waals surface area (Å²) >= 11 is 0. The summed E-state index contributed by atoms with van der Waals surface area (Å²) in [6.07, 6.45) is 1.55. The number of carbonyl (C=O) groups is 2. The van der Waals surface area contributed by atoms with E-state index < -0.39 is 5.41 Å². The van der Waals surface area contributed by atoms with E-state index in [1.807, 2.05) is 4.90 Å². The fourth-order valence-electron chi connectivity index (χ4n) is 2.49. The van der Waals surface area contributed by atoms with Crippen molar-refractivity contribution in [3.05, 3.63) is 0 Å². The summed E-state index contributed by atoms with van der Waals surface area (Å²) in [5.41, 5.74) is 4.52. The van der Waals surface area contributed by atoms with E-state index in [0.29, 0.717) is 19.8 Å². The minimum absolute atomic E-state index is 0.171. The molecule has 1 saturated heterocycles. The summed E-state index contributed by atoms with van der Waals surface area (Å²) in [7, 11) is 1.56. The Morgan fingerprint density at radius 2 is 2.17 bits per heavy atom. The Balaban J connectivity index is 2.76. The van der Waals surface area contributed by atoms with Crippen molar-refractivity contribution in [2.45, 2.75) is 19.8 Å². The maximum Gasteiger partial charge on any atom is 0.315 e. The van der Waals surface area contributed by atoms with Gasteiger partial charge in [-0.1, -0.05) is 0 Å². The van der Waals surface area contributed by atoms with Gasteiger partial charge in [-0.25, -0.2) is 0 Å². The van der Waals surface area contributed by atoms with E-state index in [1.165, 1.54) is 0 Å². The van der Waals surface area contributed by atoms with Gasteiger partial charge in [-0.15, -0.1) is 0 Å². The van der Waals surface area contributed by atoms with Gasteiger partial charge in [0.05, 0.1) is 19.8 Å². The van der Waals surface area contributed by atoms with Crippen molar-refractivity contribution in [3.8, 4) is 0 Å². The first-order chi connectivity index (χ1) is 8.54. The Morgan fingerprint density at radius 1 is 1.44 bits per heavy atom. The van der Waals surface area contributed by atoms with Crippen LogP contribution in [0.4, 0.5) is 0 Å². The molecule has 6 heteroatoms. The van der Waals surface area contributed by atoms with E-state index in [2.05, 4.69) is 0 Å². The van der Waals surface area contributed by atoms with E-state index >= 15 is 0 Å². The van der Waals surface area contributed by atoms with Gasteiger partial charge in [0.15, 0.2) is 0 Å². The number of esters is 1. The average Bonchev–Trinajstić information content (AvgIpc) is 2.29. The lowest BCUT2D eigenvalue weighted by molar-refractivity contribution is -0.163. The molecule has 1 fully saturated rings. The fraction of sp³-hybridized carbons (Fsp3) is 0.833. The number of amides is 1. The first-order valence-electron chi connectivity index (χ1n) is 6.21. The largest absolute Gasteiger partial charge is 0.465 e. The minimum Gasteiger partial charge on any atom is -0.465 e. The fourth-order valence-corrected chi connectivity index (χ4v) is 2.49. The van der Waals surface area contributed by atoms with Gasteiger partial charge in [0.2, 0.25) is 5.91 Å². The van der Waals surface area contributed by atoms with Gasteiger partial charge in [-0.2, -0.15) is 0 Å². The number of nitrogens with zero attached hydrogens (tertiary/aromatic N) is 1. The number of methoxy groups -OCH3 is 1. The molecule has 0 bridgehead atoms. The number of likely N-dealkylation sites (tertiary alicyclic amines) is 1. The van der Waals surface area contributed by atoms with Crippen molar-refractivity contribution in [2.75, 3.05) is 40.0 Å². The van der Waals surface area contributed by atoms with Crippen molar-refractivity contribution < 1.29 is 19.1 Å². The molecule has 0 aromatic carbocycles. The summed E-state index contributed by atoms with van der Waals surface area (Å²) in [5, 5.41) is 0. The van der Waals surface area contributed by atoms with Crippen LogP contribution >= 0.6 is 0 Å². The molecule has 0 radical (unpaired) electrons. The number of carbonyl (C=O) groups excluding carboxylic acids is 2. The average molecular weight is 258 g/mol. The number of hydrogen-bond donors (Lipinski definition) is 1. The molecule has 1 atom stereocenters. The Kier molecular flexibility index (Phi) is 5.55. The molecule has 1 rings (SSSR count). The van der Waals surface area contributed by atoms with Crippen LogP contribution in [0.3, 0.4) is 0 Å². The summed E-state index contributed by atoms with van der Waals surface area (Å²) in [4.78, 5) is 25.0. The predicted molar refractivity (Wildman–Crippen MR) is 65.8 cm³/mol. The zero-order valence-electron chi connectivity index (χ0n) is 11.1. The van der Waals surface area contributed by atoms with Crippen LogP contribution in [-0.4, -0.2) is 56.7 Å². The highest BCUT2D eigenvalue weighted by atomic mass is 16.5. The molecule has 6 nitrogen and oxygen atoms in total. The van der Waals surface area contributed by atoms with E-state index in [1.54, 1.807) is 14.0 Å². The first kappa shape index (κ1) is 14.9. The Labute approximate surface area is 107 Å². The first-order valence-corrected chi connectivity index (χ1v) is 6.21. The second-order valence-corrected chi connectivity index (χ2v) is 4.71. The van der Waals surface area contributed by atoms with Crippen LogP contribution in [-0.2, 0) is 19.1 Å². The van der Waals surface area contributed by atoms with Gasteiger partial charge in [0.25, 0.3) is 0 Å². The van der Waals surface area contributed by atoms with Crippen LogP contribution in [0.5, 0.6) is 0 Å². The van der Waals surface area contributed by atoms with Gasteiger partial charge < -0.3 is 15.2 Å². The standard InChI is InChI=1S/C12H22N2O4/c1-3-18-11(16)12(9-17-2)5-4-6-14(8-12)7-10(13)15/h3-9H2,1-2H3,(H2,13,15). The van der Waals surface area contributed by atoms with Gasteiger partial charge in [0.1, 0.15) is 5.41 Å². The summed E-state index contributed by atoms with van der Waals surface area (Å²) < 4.78 is 10.3. The van der Waals surface area contributed by atoms with Crippen LogP contribution < -0.4 is 5.73 Å². The van der Waals surface area contributed by atoms with Crippen LogP contribution in [0.25, 0.3) is 0 Å². The number of piperidine rings is 1. The van der Waals surface area contributed by atoms with E-state index in [4.69, 9.17) is 15.2 Å². The molecule has 1 aliphatic rings. The molecule has 1 unspecified atom stereocenters. The van der Waals surface area contributed by atoms with Crippen LogP contribution in [0.1, 0.15) is 19.8 Å². The molecule has 1 aliphatic heterocycles. The van der Waals surface area contributed by atoms with Crippen LogP contribution in [0, 0.1) is 5.41 Å². The van der Waals surface area contributed by atoms with E-state index in [0.717, 1.165) is 19.4 Å². The SMILES string of the molecule is CCOC(=O)C1(COC)CCCN(CC(N)=O)C1. The van der Waals surface area contributed by atoms with Crippen molar-refractivity contribution in [2.24, 2.45) is 11.1 Å². The maximum absolute atomic E-state index is 12.1. The predicted octanol–water partition coefficient (Wildman–Crippen LogP) is -0.237. The van der Waals surface area contributed by atoms with Crippen molar-refractivity contribution in [3.63, 3.8) is 0 Å². The molecule has 1 amide bonds. The van der Waals surface area contributed by atoms with Crippen molar-refractivity contribution in [1.29, 1.82) is 0 Å². The summed E-state index contributed by atoms with van der Waals surface area (Å²) in [5.74, 6) is -0.631. The Morgan fingerprint density at radius 3 is 2.72 bits per heavy atom. The third-order valence-corrected chi connectivity index (χ3v) is 3.16. The zero-order chi connectivity index (χ0) is 13.6. The van der Waals surface area contributed by atoms with Gasteiger partial charge in [-0.3, -0.25) is 14.5 Å². The third-order valence-electron chi connectivity index (χ3n) is 3.16. The molecule has 0 saturated carbocycles. The molecule has 104 valence electrons. The third kappa shape index (κ3) is 3.68. The monoisotopic (exact) mass is 258 g/mol. The molecular formula is C12H22N2O4. The second kappa shape index (κ2) is 6.70. The van der Waals surface area contributed by atoms with Crippen LogP contribution in [0.15, 0.2) is 0 Å². The lowest BCUT2D eigenvalue weighted by Crippen LogP contribution is -2.52. The highest BCUT2D eigenvalue weighted by Gasteiger charge is 2.43. The normalized spacial score (nSPS) is 24.8. The van der Waals surface area contributed by atoms with E-state index in [-0.39, 0.29) is 18.4 Å². The molecule has 0 aliphatic carbocycles. The van der Waals surface area contributed by atoms with Gasteiger partial charge in [0, 0.05) is 13.7 Å². The molecular weight excluding hydrogens is 236 g/mol. The topological polar surface area (TPSA) is 81.9 Å². The van der Waals surface area contributed by atoms with Crippen LogP contribution in [0.2, 0.25) is 0 Å². The smallest absolute Gasteiger partial charge is 0.315 e. The minimum atomic E-state index is -0.668. The molecule has 0 spiro atoms. The number of hydrogen-bond acceptors (Lipinski definition) is 5. The van der Waals surface area contributed by atoms with Crippen molar-refractivity contribution in [1.82, 2.24) is 4.90 Å². The summed E-state index contributed by atoms with van der Waals surface area (Å²) in [6, 6.07) is 0. The highest BCUT2D eigenvalue weighted by Crippen LogP contribution is 2.31. The number of ether oxygens (including phenoxy) is 2. The van der Waals surface area contributed by atoms with E-state index in [9.17, 15) is 9.59 Å².